The molecule has 3 nitrogen and oxygen atoms in total. The largest absolute Gasteiger partial charge is 0.351 e. The Hall–Kier alpha value is -2.13. The molecule has 24 heavy (non-hydrogen) atoms. The van der Waals surface area contributed by atoms with E-state index in [9.17, 15) is 4.79 Å². The van der Waals surface area contributed by atoms with Gasteiger partial charge in [-0.3, -0.25) is 4.79 Å². The highest BCUT2D eigenvalue weighted by atomic mass is 16.1. The van der Waals surface area contributed by atoms with Crippen molar-refractivity contribution in [2.45, 2.75) is 40.3 Å². The van der Waals surface area contributed by atoms with E-state index >= 15 is 0 Å². The van der Waals surface area contributed by atoms with Crippen LogP contribution in [0.25, 0.3) is 0 Å². The summed E-state index contributed by atoms with van der Waals surface area (Å²) >= 11 is 0. The molecule has 2 aromatic rings. The number of carbonyl (C=O) groups is 1. The molecule has 0 saturated heterocycles. The van der Waals surface area contributed by atoms with Crippen LogP contribution in [0.15, 0.2) is 54.6 Å². The second-order valence-corrected chi connectivity index (χ2v) is 7.29. The van der Waals surface area contributed by atoms with Gasteiger partial charge in [-0.25, -0.2) is 0 Å². The molecule has 0 aromatic heterocycles. The van der Waals surface area contributed by atoms with Crippen molar-refractivity contribution >= 4 is 5.91 Å². The number of carbonyl (C=O) groups excluding carboxylic acids is 1. The minimum absolute atomic E-state index is 0.0171. The average Bonchev–Trinajstić information content (AvgIpc) is 2.54. The fourth-order valence-corrected chi connectivity index (χ4v) is 2.83. The van der Waals surface area contributed by atoms with Gasteiger partial charge in [0.25, 0.3) is 0 Å². The highest BCUT2D eigenvalue weighted by Crippen LogP contribution is 2.32. The van der Waals surface area contributed by atoms with E-state index in [0.717, 1.165) is 5.56 Å². The lowest BCUT2D eigenvalue weighted by Crippen LogP contribution is -2.39. The number of aryl methyl sites for hydroxylation is 1. The molecule has 0 aliphatic rings. The summed E-state index contributed by atoms with van der Waals surface area (Å²) in [6.45, 7) is 9.49. The lowest BCUT2D eigenvalue weighted by Gasteiger charge is -2.32. The smallest absolute Gasteiger partial charge is 0.234 e. The number of rotatable bonds is 6. The first-order valence-corrected chi connectivity index (χ1v) is 8.47. The molecule has 0 saturated carbocycles. The quantitative estimate of drug-likeness (QED) is 0.843. The van der Waals surface area contributed by atoms with Crippen molar-refractivity contribution in [3.63, 3.8) is 0 Å². The topological polar surface area (TPSA) is 41.1 Å². The van der Waals surface area contributed by atoms with E-state index in [4.69, 9.17) is 0 Å². The van der Waals surface area contributed by atoms with Gasteiger partial charge < -0.3 is 10.6 Å². The van der Waals surface area contributed by atoms with Crippen molar-refractivity contribution in [3.8, 4) is 0 Å². The fraction of sp³-hybridized carbons (Fsp3) is 0.381. The van der Waals surface area contributed by atoms with E-state index < -0.39 is 0 Å². The molecule has 3 heteroatoms. The molecule has 2 rings (SSSR count). The molecule has 2 aromatic carbocycles. The Morgan fingerprint density at radius 3 is 2.25 bits per heavy atom. The first-order valence-electron chi connectivity index (χ1n) is 8.47. The summed E-state index contributed by atoms with van der Waals surface area (Å²) in [5.41, 5.74) is 3.58. The number of benzene rings is 2. The van der Waals surface area contributed by atoms with Gasteiger partial charge >= 0.3 is 0 Å². The number of hydrogen-bond acceptors (Lipinski definition) is 2. The molecule has 0 aliphatic carbocycles. The lowest BCUT2D eigenvalue weighted by atomic mass is 9.82. The van der Waals surface area contributed by atoms with Crippen LogP contribution in [0.2, 0.25) is 0 Å². The lowest BCUT2D eigenvalue weighted by molar-refractivity contribution is -0.120. The van der Waals surface area contributed by atoms with E-state index in [0.29, 0.717) is 13.1 Å². The molecule has 128 valence electrons. The van der Waals surface area contributed by atoms with Crippen molar-refractivity contribution < 1.29 is 4.79 Å². The Balaban J connectivity index is 1.92. The molecule has 0 radical (unpaired) electrons. The molecule has 0 spiro atoms. The third-order valence-corrected chi connectivity index (χ3v) is 4.20. The highest BCUT2D eigenvalue weighted by Gasteiger charge is 2.26. The SMILES string of the molecule is Cc1ccccc1CNC(=O)CNC(c1ccccc1)C(C)(C)C. The van der Waals surface area contributed by atoms with Crippen molar-refractivity contribution in [3.05, 3.63) is 71.3 Å². The predicted molar refractivity (Wildman–Crippen MR) is 99.7 cm³/mol. The zero-order chi connectivity index (χ0) is 17.6. The summed E-state index contributed by atoms with van der Waals surface area (Å²) in [5, 5.41) is 6.41. The van der Waals surface area contributed by atoms with Gasteiger partial charge in [-0.2, -0.15) is 0 Å². The van der Waals surface area contributed by atoms with Crippen LogP contribution >= 0.6 is 0 Å². The molecular formula is C21H28N2O. The molecule has 1 amide bonds. The normalized spacial score (nSPS) is 12.7. The average molecular weight is 324 g/mol. The number of hydrogen-bond donors (Lipinski definition) is 2. The van der Waals surface area contributed by atoms with Gasteiger partial charge in [-0.15, -0.1) is 0 Å². The van der Waals surface area contributed by atoms with Crippen molar-refractivity contribution in [1.82, 2.24) is 10.6 Å². The second kappa shape index (κ2) is 8.11. The molecule has 0 heterocycles. The van der Waals surface area contributed by atoms with Gasteiger partial charge in [-0.05, 0) is 29.0 Å². The van der Waals surface area contributed by atoms with Crippen LogP contribution in [-0.4, -0.2) is 12.5 Å². The van der Waals surface area contributed by atoms with E-state index in [2.05, 4.69) is 56.5 Å². The Labute approximate surface area is 145 Å². The van der Waals surface area contributed by atoms with E-state index in [1.807, 2.05) is 36.4 Å². The van der Waals surface area contributed by atoms with Gasteiger partial charge in [0.2, 0.25) is 5.91 Å². The van der Waals surface area contributed by atoms with Gasteiger partial charge in [0, 0.05) is 12.6 Å². The summed E-state index contributed by atoms with van der Waals surface area (Å²) in [4.78, 5) is 12.2. The third kappa shape index (κ3) is 5.20. The van der Waals surface area contributed by atoms with E-state index in [1.54, 1.807) is 0 Å². The molecule has 2 N–H and O–H groups in total. The Morgan fingerprint density at radius 2 is 1.62 bits per heavy atom. The summed E-state index contributed by atoms with van der Waals surface area (Å²) in [5.74, 6) is 0.0171. The Bertz CT molecular complexity index is 659. The van der Waals surface area contributed by atoms with Gasteiger partial charge in [0.05, 0.1) is 6.54 Å². The predicted octanol–water partition coefficient (Wildman–Crippen LogP) is 3.99. The first kappa shape index (κ1) is 18.2. The molecular weight excluding hydrogens is 296 g/mol. The van der Waals surface area contributed by atoms with Crippen LogP contribution in [0.4, 0.5) is 0 Å². The number of amides is 1. The van der Waals surface area contributed by atoms with Crippen molar-refractivity contribution in [1.29, 1.82) is 0 Å². The van der Waals surface area contributed by atoms with Crippen LogP contribution in [0.5, 0.6) is 0 Å². The first-order chi connectivity index (χ1) is 11.4. The highest BCUT2D eigenvalue weighted by molar-refractivity contribution is 5.78. The minimum atomic E-state index is 0.0171. The van der Waals surface area contributed by atoms with Crippen molar-refractivity contribution in [2.75, 3.05) is 6.54 Å². The molecule has 0 fully saturated rings. The van der Waals surface area contributed by atoms with Gasteiger partial charge in [-0.1, -0.05) is 75.4 Å². The summed E-state index contributed by atoms with van der Waals surface area (Å²) < 4.78 is 0. The van der Waals surface area contributed by atoms with Gasteiger partial charge in [0.1, 0.15) is 0 Å². The van der Waals surface area contributed by atoms with Crippen molar-refractivity contribution in [2.24, 2.45) is 5.41 Å². The van der Waals surface area contributed by atoms with Crippen LogP contribution < -0.4 is 10.6 Å². The second-order valence-electron chi connectivity index (χ2n) is 7.29. The maximum Gasteiger partial charge on any atom is 0.234 e. The molecule has 1 atom stereocenters. The maximum atomic E-state index is 12.2. The van der Waals surface area contributed by atoms with E-state index in [1.165, 1.54) is 11.1 Å². The zero-order valence-corrected chi connectivity index (χ0v) is 15.1. The summed E-state index contributed by atoms with van der Waals surface area (Å²) in [6, 6.07) is 18.5. The Morgan fingerprint density at radius 1 is 1.00 bits per heavy atom. The molecule has 0 bridgehead atoms. The monoisotopic (exact) mass is 324 g/mol. The Kier molecular flexibility index (Phi) is 6.16. The fourth-order valence-electron chi connectivity index (χ4n) is 2.83. The number of nitrogens with one attached hydrogen (secondary N) is 2. The summed E-state index contributed by atoms with van der Waals surface area (Å²) in [6.07, 6.45) is 0. The zero-order valence-electron chi connectivity index (χ0n) is 15.1. The minimum Gasteiger partial charge on any atom is -0.351 e. The van der Waals surface area contributed by atoms with Crippen LogP contribution in [-0.2, 0) is 11.3 Å². The third-order valence-electron chi connectivity index (χ3n) is 4.20. The van der Waals surface area contributed by atoms with E-state index in [-0.39, 0.29) is 17.4 Å². The molecule has 1 unspecified atom stereocenters. The van der Waals surface area contributed by atoms with Crippen LogP contribution in [0.3, 0.4) is 0 Å². The maximum absolute atomic E-state index is 12.2. The van der Waals surface area contributed by atoms with Crippen LogP contribution in [0.1, 0.15) is 43.5 Å². The summed E-state index contributed by atoms with van der Waals surface area (Å²) in [7, 11) is 0. The standard InChI is InChI=1S/C21H28N2O/c1-16-10-8-9-13-18(16)14-22-19(24)15-23-20(21(2,3)4)17-11-6-5-7-12-17/h5-13,20,23H,14-15H2,1-4H3,(H,22,24). The van der Waals surface area contributed by atoms with Gasteiger partial charge in [0.15, 0.2) is 0 Å². The van der Waals surface area contributed by atoms with Crippen LogP contribution in [0, 0.1) is 12.3 Å². The molecule has 0 aliphatic heterocycles.